The average molecular weight is 448 g/mol. The molecule has 31 heavy (non-hydrogen) atoms. The number of β-amino-alcohol motifs (C(OH)–C–C–N with tert-alkyl or cyclic N) is 1. The zero-order valence-electron chi connectivity index (χ0n) is 18.8. The number of aliphatic hydroxyl groups excluding tert-OH is 1. The van der Waals surface area contributed by atoms with Crippen LogP contribution in [0.5, 0.6) is 11.5 Å². The molecule has 1 unspecified atom stereocenters. The van der Waals surface area contributed by atoms with E-state index < -0.39 is 6.10 Å². The van der Waals surface area contributed by atoms with E-state index in [1.54, 1.807) is 7.11 Å². The molecule has 0 spiro atoms. The highest BCUT2D eigenvalue weighted by atomic mass is 35.5. The Kier molecular flexibility index (Phi) is 8.99. The first-order chi connectivity index (χ1) is 14.9. The van der Waals surface area contributed by atoms with Gasteiger partial charge in [-0.3, -0.25) is 9.80 Å². The van der Waals surface area contributed by atoms with Crippen LogP contribution in [0.1, 0.15) is 11.1 Å². The monoisotopic (exact) mass is 447 g/mol. The maximum atomic E-state index is 10.5. The molecule has 1 N–H and O–H groups in total. The second-order valence-electron chi connectivity index (χ2n) is 8.31. The second-order valence-corrected chi connectivity index (χ2v) is 8.71. The molecule has 7 heteroatoms. The van der Waals surface area contributed by atoms with Gasteiger partial charge in [0.2, 0.25) is 0 Å². The van der Waals surface area contributed by atoms with E-state index in [2.05, 4.69) is 28.8 Å². The van der Waals surface area contributed by atoms with E-state index in [0.29, 0.717) is 13.1 Å². The zero-order valence-corrected chi connectivity index (χ0v) is 19.5. The van der Waals surface area contributed by atoms with Crippen molar-refractivity contribution in [3.63, 3.8) is 0 Å². The first-order valence-electron chi connectivity index (χ1n) is 10.7. The molecule has 6 nitrogen and oxygen atoms in total. The van der Waals surface area contributed by atoms with Gasteiger partial charge in [0.05, 0.1) is 7.11 Å². The van der Waals surface area contributed by atoms with E-state index in [4.69, 9.17) is 21.1 Å². The average Bonchev–Trinajstić information content (AvgIpc) is 2.76. The summed E-state index contributed by atoms with van der Waals surface area (Å²) >= 11 is 6.31. The molecule has 1 atom stereocenters. The van der Waals surface area contributed by atoms with E-state index in [1.807, 2.05) is 42.5 Å². The third-order valence-electron chi connectivity index (χ3n) is 5.61. The summed E-state index contributed by atoms with van der Waals surface area (Å²) in [5, 5.41) is 11.3. The highest BCUT2D eigenvalue weighted by Crippen LogP contribution is 2.27. The summed E-state index contributed by atoms with van der Waals surface area (Å²) in [6.07, 6.45) is -0.539. The Morgan fingerprint density at radius 1 is 1.06 bits per heavy atom. The van der Waals surface area contributed by atoms with E-state index in [9.17, 15) is 5.11 Å². The lowest BCUT2D eigenvalue weighted by Crippen LogP contribution is -2.47. The molecule has 0 aliphatic carbocycles. The third-order valence-corrected chi connectivity index (χ3v) is 5.98. The largest absolute Gasteiger partial charge is 0.497 e. The van der Waals surface area contributed by atoms with E-state index in [-0.39, 0.29) is 6.61 Å². The minimum absolute atomic E-state index is 0.251. The fraction of sp³-hybridized carbons (Fsp3) is 0.500. The van der Waals surface area contributed by atoms with Crippen LogP contribution in [-0.2, 0) is 13.1 Å². The lowest BCUT2D eigenvalue weighted by atomic mass is 10.1. The number of halogens is 1. The van der Waals surface area contributed by atoms with Crippen molar-refractivity contribution in [2.75, 3.05) is 60.5 Å². The standard InChI is InChI=1S/C24H34ClN3O3/c1-26-10-12-28(13-11-26)17-21(29)18-31-24-14-22(30-3)9-8-20(24)16-27(2)15-19-6-4-5-7-23(19)25/h4-9,14,21,29H,10-13,15-18H2,1-3H3. The van der Waals surface area contributed by atoms with E-state index >= 15 is 0 Å². The van der Waals surface area contributed by atoms with Crippen LogP contribution in [0.3, 0.4) is 0 Å². The predicted octanol–water partition coefficient (Wildman–Crippen LogP) is 2.97. The Labute approximate surface area is 190 Å². The maximum Gasteiger partial charge on any atom is 0.127 e. The van der Waals surface area contributed by atoms with Crippen LogP contribution >= 0.6 is 11.6 Å². The minimum atomic E-state index is -0.539. The zero-order chi connectivity index (χ0) is 22.2. The van der Waals surface area contributed by atoms with Crippen LogP contribution < -0.4 is 9.47 Å². The van der Waals surface area contributed by atoms with Crippen molar-refractivity contribution in [1.82, 2.24) is 14.7 Å². The molecule has 1 saturated heterocycles. The Balaban J connectivity index is 1.59. The molecule has 0 bridgehead atoms. The molecular formula is C24H34ClN3O3. The van der Waals surface area contributed by atoms with Crippen molar-refractivity contribution in [2.24, 2.45) is 0 Å². The molecule has 0 radical (unpaired) electrons. The first-order valence-corrected chi connectivity index (χ1v) is 11.1. The summed E-state index contributed by atoms with van der Waals surface area (Å²) < 4.78 is 11.4. The van der Waals surface area contributed by atoms with Crippen LogP contribution in [0.15, 0.2) is 42.5 Å². The van der Waals surface area contributed by atoms with Gasteiger partial charge in [-0.2, -0.15) is 0 Å². The van der Waals surface area contributed by atoms with Gasteiger partial charge >= 0.3 is 0 Å². The van der Waals surface area contributed by atoms with Crippen LogP contribution in [0.2, 0.25) is 5.02 Å². The summed E-state index contributed by atoms with van der Waals surface area (Å²) in [7, 11) is 5.83. The van der Waals surface area contributed by atoms with Gasteiger partial charge in [-0.1, -0.05) is 35.9 Å². The van der Waals surface area contributed by atoms with Crippen molar-refractivity contribution >= 4 is 11.6 Å². The lowest BCUT2D eigenvalue weighted by Gasteiger charge is -2.33. The van der Waals surface area contributed by atoms with Gasteiger partial charge < -0.3 is 19.5 Å². The van der Waals surface area contributed by atoms with Gasteiger partial charge in [0.25, 0.3) is 0 Å². The molecule has 1 heterocycles. The van der Waals surface area contributed by atoms with Crippen LogP contribution in [-0.4, -0.2) is 86.4 Å². The molecule has 1 aliphatic rings. The van der Waals surface area contributed by atoms with Gasteiger partial charge in [0.1, 0.15) is 24.2 Å². The summed E-state index contributed by atoms with van der Waals surface area (Å²) in [6.45, 7) is 6.32. The Bertz CT molecular complexity index is 827. The topological polar surface area (TPSA) is 48.4 Å². The van der Waals surface area contributed by atoms with Gasteiger partial charge in [0, 0.05) is 62.5 Å². The van der Waals surface area contributed by atoms with E-state index in [0.717, 1.165) is 60.4 Å². The fourth-order valence-electron chi connectivity index (χ4n) is 3.76. The van der Waals surface area contributed by atoms with Crippen LogP contribution in [0.4, 0.5) is 0 Å². The number of likely N-dealkylation sites (N-methyl/N-ethyl adjacent to an activating group) is 1. The fourth-order valence-corrected chi connectivity index (χ4v) is 3.95. The number of benzene rings is 2. The number of ether oxygens (including phenoxy) is 2. The number of hydrogen-bond acceptors (Lipinski definition) is 6. The first kappa shape index (κ1) is 23.8. The molecule has 0 amide bonds. The van der Waals surface area contributed by atoms with Gasteiger partial charge in [-0.25, -0.2) is 0 Å². The molecule has 2 aromatic rings. The molecule has 1 fully saturated rings. The van der Waals surface area contributed by atoms with Crippen molar-refractivity contribution < 1.29 is 14.6 Å². The smallest absolute Gasteiger partial charge is 0.127 e. The molecule has 170 valence electrons. The minimum Gasteiger partial charge on any atom is -0.497 e. The molecule has 1 aliphatic heterocycles. The summed E-state index contributed by atoms with van der Waals surface area (Å²) in [5.41, 5.74) is 2.13. The second kappa shape index (κ2) is 11.7. The molecule has 0 saturated carbocycles. The van der Waals surface area contributed by atoms with Crippen molar-refractivity contribution in [2.45, 2.75) is 19.2 Å². The number of rotatable bonds is 10. The molecule has 2 aromatic carbocycles. The summed E-state index contributed by atoms with van der Waals surface area (Å²) in [5.74, 6) is 1.48. The van der Waals surface area contributed by atoms with Crippen molar-refractivity contribution in [1.29, 1.82) is 0 Å². The normalized spacial score (nSPS) is 16.5. The molecular weight excluding hydrogens is 414 g/mol. The van der Waals surface area contributed by atoms with Gasteiger partial charge in [-0.15, -0.1) is 0 Å². The number of hydrogen-bond donors (Lipinski definition) is 1. The quantitative estimate of drug-likeness (QED) is 0.604. The SMILES string of the molecule is COc1ccc(CN(C)Cc2ccccc2Cl)c(OCC(O)CN2CCN(C)CC2)c1. The third kappa shape index (κ3) is 7.37. The number of nitrogens with zero attached hydrogens (tertiary/aromatic N) is 3. The molecule has 0 aromatic heterocycles. The van der Waals surface area contributed by atoms with Gasteiger partial charge in [0.15, 0.2) is 0 Å². The Morgan fingerprint density at radius 3 is 2.48 bits per heavy atom. The predicted molar refractivity (Wildman–Crippen MR) is 125 cm³/mol. The van der Waals surface area contributed by atoms with E-state index in [1.165, 1.54) is 0 Å². The number of methoxy groups -OCH3 is 1. The highest BCUT2D eigenvalue weighted by molar-refractivity contribution is 6.31. The van der Waals surface area contributed by atoms with Crippen LogP contribution in [0.25, 0.3) is 0 Å². The van der Waals surface area contributed by atoms with Crippen LogP contribution in [0, 0.1) is 0 Å². The summed E-state index contributed by atoms with van der Waals surface area (Å²) in [6, 6.07) is 13.7. The number of aliphatic hydroxyl groups is 1. The molecule has 3 rings (SSSR count). The Morgan fingerprint density at radius 2 is 1.77 bits per heavy atom. The Hall–Kier alpha value is -1.83. The summed E-state index contributed by atoms with van der Waals surface area (Å²) in [4.78, 5) is 6.79. The van der Waals surface area contributed by atoms with Gasteiger partial charge in [-0.05, 0) is 31.8 Å². The maximum absolute atomic E-state index is 10.5. The highest BCUT2D eigenvalue weighted by Gasteiger charge is 2.18. The van der Waals surface area contributed by atoms with Crippen molar-refractivity contribution in [3.8, 4) is 11.5 Å². The number of piperazine rings is 1. The lowest BCUT2D eigenvalue weighted by molar-refractivity contribution is 0.0500. The van der Waals surface area contributed by atoms with Crippen molar-refractivity contribution in [3.05, 3.63) is 58.6 Å².